The molecule has 3 nitrogen and oxygen atoms in total. The Morgan fingerprint density at radius 2 is 1.86 bits per heavy atom. The molecule has 3 heteroatoms. The van der Waals surface area contributed by atoms with Crippen LogP contribution in [0.3, 0.4) is 0 Å². The van der Waals surface area contributed by atoms with Crippen LogP contribution >= 0.6 is 0 Å². The normalized spacial score (nSPS) is 27.1. The van der Waals surface area contributed by atoms with Gasteiger partial charge in [0.25, 0.3) is 0 Å². The first-order valence-electron chi connectivity index (χ1n) is 12.1. The van der Waals surface area contributed by atoms with Gasteiger partial charge in [-0.05, 0) is 82.5 Å². The van der Waals surface area contributed by atoms with Crippen molar-refractivity contribution >= 4 is 0 Å². The highest BCUT2D eigenvalue weighted by Crippen LogP contribution is 2.35. The van der Waals surface area contributed by atoms with Crippen LogP contribution < -0.4 is 0 Å². The summed E-state index contributed by atoms with van der Waals surface area (Å²) in [6.45, 7) is 3.03. The number of allylic oxidation sites excluding steroid dienone is 4. The van der Waals surface area contributed by atoms with Gasteiger partial charge in [-0.25, -0.2) is 0 Å². The zero-order valence-electron chi connectivity index (χ0n) is 18.2. The fourth-order valence-corrected chi connectivity index (χ4v) is 4.43. The number of aliphatic hydroxyl groups excluding tert-OH is 1. The van der Waals surface area contributed by atoms with Crippen LogP contribution in [0, 0.1) is 11.8 Å². The van der Waals surface area contributed by atoms with Crippen molar-refractivity contribution in [2.45, 2.75) is 116 Å². The third-order valence-corrected chi connectivity index (χ3v) is 6.20. The minimum Gasteiger partial charge on any atom is -0.368 e. The van der Waals surface area contributed by atoms with Crippen LogP contribution in [0.4, 0.5) is 0 Å². The van der Waals surface area contributed by atoms with Crippen molar-refractivity contribution in [3.8, 4) is 0 Å². The molecular weight excluding hydrogens is 348 g/mol. The summed E-state index contributed by atoms with van der Waals surface area (Å²) in [5.74, 6) is 1.63. The molecule has 2 unspecified atom stereocenters. The highest BCUT2D eigenvalue weighted by Gasteiger charge is 2.23. The summed E-state index contributed by atoms with van der Waals surface area (Å²) in [5, 5.41) is 9.98. The molecule has 2 fully saturated rings. The smallest absolute Gasteiger partial charge is 0.160 e. The van der Waals surface area contributed by atoms with E-state index in [2.05, 4.69) is 31.2 Å². The monoisotopic (exact) mass is 392 g/mol. The Kier molecular flexibility index (Phi) is 12.9. The Labute approximate surface area is 173 Å². The zero-order valence-corrected chi connectivity index (χ0v) is 18.2. The molecule has 0 aromatic heterocycles. The van der Waals surface area contributed by atoms with Gasteiger partial charge in [-0.15, -0.1) is 0 Å². The number of unbranched alkanes of at least 4 members (excludes halogenated alkanes) is 5. The Bertz CT molecular complexity index is 426. The zero-order chi connectivity index (χ0) is 19.9. The molecule has 1 saturated heterocycles. The Morgan fingerprint density at radius 3 is 2.68 bits per heavy atom. The van der Waals surface area contributed by atoms with E-state index in [1.165, 1.54) is 57.8 Å². The van der Waals surface area contributed by atoms with Gasteiger partial charge in [0, 0.05) is 6.61 Å². The van der Waals surface area contributed by atoms with Gasteiger partial charge in [0.2, 0.25) is 0 Å². The molecule has 4 atom stereocenters. The summed E-state index contributed by atoms with van der Waals surface area (Å²) in [6, 6.07) is 0. The van der Waals surface area contributed by atoms with Crippen LogP contribution in [0.1, 0.15) is 103 Å². The van der Waals surface area contributed by atoms with Gasteiger partial charge in [-0.1, -0.05) is 56.9 Å². The molecule has 1 N–H and O–H groups in total. The van der Waals surface area contributed by atoms with Crippen molar-refractivity contribution < 1.29 is 14.6 Å². The quantitative estimate of drug-likeness (QED) is 0.198. The molecule has 0 radical (unpaired) electrons. The maximum atomic E-state index is 9.98. The van der Waals surface area contributed by atoms with Gasteiger partial charge < -0.3 is 14.6 Å². The molecule has 1 saturated carbocycles. The van der Waals surface area contributed by atoms with Crippen molar-refractivity contribution in [3.05, 3.63) is 24.3 Å². The van der Waals surface area contributed by atoms with Gasteiger partial charge in [-0.2, -0.15) is 0 Å². The minimum atomic E-state index is -0.682. The van der Waals surface area contributed by atoms with Crippen LogP contribution in [0.15, 0.2) is 24.3 Å². The first-order valence-corrected chi connectivity index (χ1v) is 12.1. The van der Waals surface area contributed by atoms with E-state index in [1.54, 1.807) is 0 Å². The maximum Gasteiger partial charge on any atom is 0.160 e. The molecule has 0 bridgehead atoms. The fourth-order valence-electron chi connectivity index (χ4n) is 4.43. The summed E-state index contributed by atoms with van der Waals surface area (Å²) in [5.41, 5.74) is 0. The average Bonchev–Trinajstić information content (AvgIpc) is 3.15. The van der Waals surface area contributed by atoms with Gasteiger partial charge in [0.05, 0.1) is 0 Å². The Balaban J connectivity index is 1.51. The molecule has 0 aromatic rings. The first-order chi connectivity index (χ1) is 13.8. The molecule has 28 heavy (non-hydrogen) atoms. The lowest BCUT2D eigenvalue weighted by molar-refractivity contribution is -0.241. The van der Waals surface area contributed by atoms with E-state index in [4.69, 9.17) is 9.47 Å². The summed E-state index contributed by atoms with van der Waals surface area (Å²) >= 11 is 0. The van der Waals surface area contributed by atoms with Crippen molar-refractivity contribution in [3.63, 3.8) is 0 Å². The number of rotatable bonds is 14. The second-order valence-electron chi connectivity index (χ2n) is 8.66. The van der Waals surface area contributed by atoms with E-state index in [0.29, 0.717) is 6.42 Å². The van der Waals surface area contributed by atoms with E-state index in [0.717, 1.165) is 50.5 Å². The number of hydrogen-bond acceptors (Lipinski definition) is 3. The molecule has 0 aromatic carbocycles. The van der Waals surface area contributed by atoms with Crippen LogP contribution in [-0.4, -0.2) is 24.3 Å². The molecule has 1 aliphatic carbocycles. The van der Waals surface area contributed by atoms with E-state index in [1.807, 2.05) is 0 Å². The van der Waals surface area contributed by atoms with Gasteiger partial charge >= 0.3 is 0 Å². The van der Waals surface area contributed by atoms with E-state index < -0.39 is 6.29 Å². The summed E-state index contributed by atoms with van der Waals surface area (Å²) in [7, 11) is 0. The number of hydrogen-bond donors (Lipinski definition) is 1. The lowest BCUT2D eigenvalue weighted by atomic mass is 9.92. The largest absolute Gasteiger partial charge is 0.368 e. The Hall–Kier alpha value is -0.640. The topological polar surface area (TPSA) is 38.7 Å². The number of aliphatic hydroxyl groups is 1. The molecule has 0 amide bonds. The van der Waals surface area contributed by atoms with Crippen LogP contribution in [0.25, 0.3) is 0 Å². The molecular formula is C25H44O3. The molecule has 162 valence electrons. The third-order valence-electron chi connectivity index (χ3n) is 6.20. The SMILES string of the molecule is CCCCCCC=C[C@H]1CCC[C@@H]1CC=CCCCC(O)OC1CCCCO1. The van der Waals surface area contributed by atoms with Gasteiger partial charge in [0.1, 0.15) is 0 Å². The lowest BCUT2D eigenvalue weighted by Gasteiger charge is -2.25. The fraction of sp³-hybridized carbons (Fsp3) is 0.840. The van der Waals surface area contributed by atoms with Crippen LogP contribution in [0.2, 0.25) is 0 Å². The minimum absolute atomic E-state index is 0.196. The van der Waals surface area contributed by atoms with Gasteiger partial charge in [0.15, 0.2) is 12.6 Å². The highest BCUT2D eigenvalue weighted by molar-refractivity contribution is 4.97. The highest BCUT2D eigenvalue weighted by atomic mass is 16.7. The van der Waals surface area contributed by atoms with Crippen molar-refractivity contribution in [2.24, 2.45) is 11.8 Å². The van der Waals surface area contributed by atoms with Crippen molar-refractivity contribution in [2.75, 3.05) is 6.61 Å². The van der Waals surface area contributed by atoms with Gasteiger partial charge in [-0.3, -0.25) is 0 Å². The predicted molar refractivity (Wildman–Crippen MR) is 117 cm³/mol. The number of ether oxygens (including phenoxy) is 2. The second-order valence-corrected chi connectivity index (χ2v) is 8.66. The van der Waals surface area contributed by atoms with Crippen LogP contribution in [0.5, 0.6) is 0 Å². The molecule has 2 aliphatic rings. The maximum absolute atomic E-state index is 9.98. The van der Waals surface area contributed by atoms with E-state index in [-0.39, 0.29) is 6.29 Å². The van der Waals surface area contributed by atoms with Crippen LogP contribution in [-0.2, 0) is 9.47 Å². The molecule has 2 rings (SSSR count). The lowest BCUT2D eigenvalue weighted by Crippen LogP contribution is -2.27. The van der Waals surface area contributed by atoms with Crippen molar-refractivity contribution in [1.82, 2.24) is 0 Å². The molecule has 0 spiro atoms. The second kappa shape index (κ2) is 15.2. The molecule has 1 heterocycles. The third kappa shape index (κ3) is 10.2. The predicted octanol–water partition coefficient (Wildman–Crippen LogP) is 6.91. The summed E-state index contributed by atoms with van der Waals surface area (Å²) in [6.07, 6.45) is 26.6. The van der Waals surface area contributed by atoms with Crippen molar-refractivity contribution in [1.29, 1.82) is 0 Å². The van der Waals surface area contributed by atoms with E-state index >= 15 is 0 Å². The summed E-state index contributed by atoms with van der Waals surface area (Å²) in [4.78, 5) is 0. The molecule has 1 aliphatic heterocycles. The first kappa shape index (κ1) is 23.6. The standard InChI is InChI=1S/C25H44O3/c1-2-3-4-5-6-9-15-22-17-14-18-23(22)16-10-7-8-11-19-24(26)28-25-20-12-13-21-27-25/h7,9-10,15,22-26H,2-6,8,11-14,16-21H2,1H3/t22-,23-,24?,25?/m0/s1. The summed E-state index contributed by atoms with van der Waals surface area (Å²) < 4.78 is 11.1. The Morgan fingerprint density at radius 1 is 0.964 bits per heavy atom. The van der Waals surface area contributed by atoms with E-state index in [9.17, 15) is 5.11 Å². The average molecular weight is 393 g/mol.